The van der Waals surface area contributed by atoms with Gasteiger partial charge in [0.15, 0.2) is 0 Å². The second-order valence-electron chi connectivity index (χ2n) is 4.20. The maximum absolute atomic E-state index is 8.91. The van der Waals surface area contributed by atoms with Crippen LogP contribution in [0.4, 0.5) is 0 Å². The lowest BCUT2D eigenvalue weighted by atomic mass is 9.95. The molecule has 0 atom stereocenters. The first-order valence-corrected chi connectivity index (χ1v) is 5.86. The molecule has 90 valence electrons. The van der Waals surface area contributed by atoms with Gasteiger partial charge in [0, 0.05) is 5.56 Å². The first-order valence-electron chi connectivity index (χ1n) is 5.86. The zero-order valence-electron chi connectivity index (χ0n) is 10.6. The second kappa shape index (κ2) is 5.37. The van der Waals surface area contributed by atoms with E-state index in [1.54, 1.807) is 7.11 Å². The molecule has 0 fully saturated rings. The number of nitrogens with zero attached hydrogens (tertiary/aromatic N) is 1. The van der Waals surface area contributed by atoms with Gasteiger partial charge in [-0.3, -0.25) is 0 Å². The lowest BCUT2D eigenvalue weighted by molar-refractivity contribution is 0.416. The summed E-state index contributed by atoms with van der Waals surface area (Å²) in [5.41, 5.74) is 4.33. The molecule has 0 heterocycles. The zero-order chi connectivity index (χ0) is 13.0. The summed E-state index contributed by atoms with van der Waals surface area (Å²) < 4.78 is 5.39. The van der Waals surface area contributed by atoms with Crippen LogP contribution in [0, 0.1) is 18.3 Å². The van der Waals surface area contributed by atoms with Gasteiger partial charge in [0.25, 0.3) is 0 Å². The molecule has 0 spiro atoms. The van der Waals surface area contributed by atoms with Crippen molar-refractivity contribution in [2.24, 2.45) is 0 Å². The average Bonchev–Trinajstić information content (AvgIpc) is 2.41. The Morgan fingerprint density at radius 1 is 1.11 bits per heavy atom. The minimum atomic E-state index is 0.410. The van der Waals surface area contributed by atoms with Gasteiger partial charge in [-0.05, 0) is 24.1 Å². The van der Waals surface area contributed by atoms with Gasteiger partial charge >= 0.3 is 0 Å². The summed E-state index contributed by atoms with van der Waals surface area (Å²) in [6, 6.07) is 16.2. The third-order valence-corrected chi connectivity index (χ3v) is 2.93. The summed E-state index contributed by atoms with van der Waals surface area (Å²) in [4.78, 5) is 0. The molecule has 0 aliphatic rings. The van der Waals surface area contributed by atoms with Gasteiger partial charge in [-0.15, -0.1) is 0 Å². The third-order valence-electron chi connectivity index (χ3n) is 2.93. The van der Waals surface area contributed by atoms with E-state index < -0.39 is 0 Å². The van der Waals surface area contributed by atoms with E-state index in [0.29, 0.717) is 6.42 Å². The van der Waals surface area contributed by atoms with Crippen molar-refractivity contribution in [3.8, 4) is 22.9 Å². The van der Waals surface area contributed by atoms with Gasteiger partial charge in [0.1, 0.15) is 5.75 Å². The van der Waals surface area contributed by atoms with Crippen LogP contribution >= 0.6 is 0 Å². The van der Waals surface area contributed by atoms with Crippen LogP contribution in [-0.4, -0.2) is 7.11 Å². The van der Waals surface area contributed by atoms with Crippen LogP contribution in [0.25, 0.3) is 11.1 Å². The van der Waals surface area contributed by atoms with E-state index in [9.17, 15) is 0 Å². The first kappa shape index (κ1) is 12.2. The standard InChI is InChI=1S/C16H15NO/c1-12-7-8-13(9-10-17)15(11-12)14-5-3-4-6-16(14)18-2/h3-8,11H,9H2,1-2H3. The summed E-state index contributed by atoms with van der Waals surface area (Å²) in [7, 11) is 1.67. The van der Waals surface area contributed by atoms with E-state index in [2.05, 4.69) is 19.1 Å². The Morgan fingerprint density at radius 3 is 2.61 bits per heavy atom. The summed E-state index contributed by atoms with van der Waals surface area (Å²) in [6.45, 7) is 2.05. The number of hydrogen-bond acceptors (Lipinski definition) is 2. The fourth-order valence-corrected chi connectivity index (χ4v) is 2.05. The van der Waals surface area contributed by atoms with Crippen molar-refractivity contribution >= 4 is 0 Å². The zero-order valence-corrected chi connectivity index (χ0v) is 10.6. The van der Waals surface area contributed by atoms with Crippen molar-refractivity contribution in [3.05, 3.63) is 53.6 Å². The highest BCUT2D eigenvalue weighted by Crippen LogP contribution is 2.32. The molecule has 0 saturated heterocycles. The summed E-state index contributed by atoms with van der Waals surface area (Å²) in [5.74, 6) is 0.835. The molecule has 0 aliphatic carbocycles. The van der Waals surface area contributed by atoms with Crippen LogP contribution in [0.15, 0.2) is 42.5 Å². The molecule has 2 nitrogen and oxygen atoms in total. The van der Waals surface area contributed by atoms with Crippen LogP contribution in [0.2, 0.25) is 0 Å². The van der Waals surface area contributed by atoms with Crippen molar-refractivity contribution in [2.75, 3.05) is 7.11 Å². The number of hydrogen-bond donors (Lipinski definition) is 0. The molecule has 0 saturated carbocycles. The molecule has 2 aromatic rings. The smallest absolute Gasteiger partial charge is 0.126 e. The summed E-state index contributed by atoms with van der Waals surface area (Å²) in [5, 5.41) is 8.91. The molecule has 0 unspecified atom stereocenters. The quantitative estimate of drug-likeness (QED) is 0.814. The number of rotatable bonds is 3. The van der Waals surface area contributed by atoms with Gasteiger partial charge in [0.2, 0.25) is 0 Å². The molecule has 2 rings (SSSR count). The van der Waals surface area contributed by atoms with Gasteiger partial charge in [0.05, 0.1) is 19.6 Å². The Balaban J connectivity index is 2.62. The van der Waals surface area contributed by atoms with Crippen LogP contribution < -0.4 is 4.74 Å². The summed E-state index contributed by atoms with van der Waals surface area (Å²) in [6.07, 6.45) is 0.410. The Labute approximate surface area is 107 Å². The fraction of sp³-hybridized carbons (Fsp3) is 0.188. The molecule has 0 N–H and O–H groups in total. The Bertz CT molecular complexity index is 596. The number of nitriles is 1. The van der Waals surface area contributed by atoms with Crippen molar-refractivity contribution in [1.29, 1.82) is 5.26 Å². The lowest BCUT2D eigenvalue weighted by Crippen LogP contribution is -1.93. The molecule has 18 heavy (non-hydrogen) atoms. The summed E-state index contributed by atoms with van der Waals surface area (Å²) >= 11 is 0. The molecule has 0 radical (unpaired) electrons. The van der Waals surface area contributed by atoms with Gasteiger partial charge in [-0.2, -0.15) is 5.26 Å². The van der Waals surface area contributed by atoms with Gasteiger partial charge in [-0.1, -0.05) is 42.0 Å². The van der Waals surface area contributed by atoms with Crippen molar-refractivity contribution < 1.29 is 4.74 Å². The van der Waals surface area contributed by atoms with E-state index in [1.807, 2.05) is 36.4 Å². The number of benzene rings is 2. The predicted molar refractivity (Wildman–Crippen MR) is 72.5 cm³/mol. The van der Waals surface area contributed by atoms with Gasteiger partial charge in [-0.25, -0.2) is 0 Å². The molecule has 0 amide bonds. The van der Waals surface area contributed by atoms with Crippen LogP contribution in [0.5, 0.6) is 5.75 Å². The molecule has 0 aromatic heterocycles. The maximum atomic E-state index is 8.91. The molecule has 0 aliphatic heterocycles. The van der Waals surface area contributed by atoms with E-state index >= 15 is 0 Å². The maximum Gasteiger partial charge on any atom is 0.126 e. The number of ether oxygens (including phenoxy) is 1. The van der Waals surface area contributed by atoms with Crippen LogP contribution in [0.3, 0.4) is 0 Å². The van der Waals surface area contributed by atoms with Crippen molar-refractivity contribution in [2.45, 2.75) is 13.3 Å². The van der Waals surface area contributed by atoms with Crippen LogP contribution in [0.1, 0.15) is 11.1 Å². The predicted octanol–water partition coefficient (Wildman–Crippen LogP) is 3.74. The minimum Gasteiger partial charge on any atom is -0.496 e. The van der Waals surface area contributed by atoms with Crippen molar-refractivity contribution in [3.63, 3.8) is 0 Å². The molecule has 2 heteroatoms. The average molecular weight is 237 g/mol. The minimum absolute atomic E-state index is 0.410. The highest BCUT2D eigenvalue weighted by molar-refractivity contribution is 5.74. The molecular weight excluding hydrogens is 222 g/mol. The lowest BCUT2D eigenvalue weighted by Gasteiger charge is -2.12. The monoisotopic (exact) mass is 237 g/mol. The first-order chi connectivity index (χ1) is 8.76. The van der Waals surface area contributed by atoms with E-state index in [-0.39, 0.29) is 0 Å². The molecule has 0 bridgehead atoms. The van der Waals surface area contributed by atoms with E-state index in [0.717, 1.165) is 22.4 Å². The largest absolute Gasteiger partial charge is 0.496 e. The Hall–Kier alpha value is -2.27. The third kappa shape index (κ3) is 2.36. The van der Waals surface area contributed by atoms with E-state index in [4.69, 9.17) is 10.00 Å². The Morgan fingerprint density at radius 2 is 1.89 bits per heavy atom. The second-order valence-corrected chi connectivity index (χ2v) is 4.20. The van der Waals surface area contributed by atoms with Crippen molar-refractivity contribution in [1.82, 2.24) is 0 Å². The normalized spacial score (nSPS) is 9.83. The SMILES string of the molecule is COc1ccccc1-c1cc(C)ccc1CC#N. The number of aryl methyl sites for hydroxylation is 1. The van der Waals surface area contributed by atoms with Crippen LogP contribution in [-0.2, 0) is 6.42 Å². The van der Waals surface area contributed by atoms with Gasteiger partial charge < -0.3 is 4.74 Å². The highest BCUT2D eigenvalue weighted by atomic mass is 16.5. The highest BCUT2D eigenvalue weighted by Gasteiger charge is 2.09. The number of para-hydroxylation sites is 1. The topological polar surface area (TPSA) is 33.0 Å². The fourth-order valence-electron chi connectivity index (χ4n) is 2.05. The molecule has 2 aromatic carbocycles. The number of methoxy groups -OCH3 is 1. The van der Waals surface area contributed by atoms with E-state index in [1.165, 1.54) is 5.56 Å². The Kier molecular flexibility index (Phi) is 3.64. The molecular formula is C16H15NO.